The van der Waals surface area contributed by atoms with Gasteiger partial charge in [-0.15, -0.1) is 0 Å². The second-order valence-electron chi connectivity index (χ2n) is 16.0. The zero-order valence-corrected chi connectivity index (χ0v) is 30.8. The van der Waals surface area contributed by atoms with Crippen LogP contribution in [0.15, 0.2) is 103 Å². The van der Waals surface area contributed by atoms with Crippen LogP contribution < -0.4 is 0 Å². The number of nitrogens with zero attached hydrogens (tertiary/aromatic N) is 3. The molecule has 0 spiro atoms. The molecule has 0 unspecified atom stereocenters. The minimum Gasteiger partial charge on any atom is -0.358 e. The molecule has 12 bridgehead atoms. The first kappa shape index (κ1) is 32.8. The van der Waals surface area contributed by atoms with Crippen LogP contribution in [0.3, 0.4) is 0 Å². The second-order valence-corrected chi connectivity index (χ2v) is 16.0. The molecule has 0 amide bonds. The molecule has 6 heteroatoms. The molecule has 7 rings (SSSR count). The summed E-state index contributed by atoms with van der Waals surface area (Å²) in [5, 5.41) is 0. The minimum absolute atomic E-state index is 0.261. The molecule has 0 atom stereocenters. The van der Waals surface area contributed by atoms with E-state index in [4.69, 9.17) is 15.0 Å². The molecule has 0 aliphatic carbocycles. The fourth-order valence-corrected chi connectivity index (χ4v) is 7.32. The van der Waals surface area contributed by atoms with Gasteiger partial charge in [0.1, 0.15) is 0 Å². The Hall–Kier alpha value is -4.71. The maximum Gasteiger partial charge on any atom is 0.0932 e. The summed E-state index contributed by atoms with van der Waals surface area (Å²) in [5.74, 6) is 0.983. The normalized spacial score (nSPS) is 22.9. The van der Waals surface area contributed by atoms with Gasteiger partial charge in [0.25, 0.3) is 0 Å². The Kier molecular flexibility index (Phi) is 8.04. The van der Waals surface area contributed by atoms with E-state index in [0.717, 1.165) is 81.2 Å². The molecule has 0 fully saturated rings. The summed E-state index contributed by atoms with van der Waals surface area (Å²) >= 11 is 0. The van der Waals surface area contributed by atoms with Crippen LogP contribution in [0.1, 0.15) is 116 Å². The SMILES string of the molecule is CC1=C(CC(C)C)C2=N/C1=C\c1ccc([nH]1)C(C)(C)C1=N/C(=C\c3ccc([nH]3)C(C)(C)c3ccc([nH]3)/C=C3\N=C2C(CC(C)C)=C3C)C=C1. The molecule has 3 aromatic heterocycles. The number of nitrogens with one attached hydrogen (secondary N) is 3. The van der Waals surface area contributed by atoms with Crippen molar-refractivity contribution in [1.82, 2.24) is 15.0 Å². The van der Waals surface area contributed by atoms with Gasteiger partial charge in [0.15, 0.2) is 0 Å². The van der Waals surface area contributed by atoms with Crippen molar-refractivity contribution in [2.45, 2.75) is 92.9 Å². The monoisotopic (exact) mass is 650 g/mol. The van der Waals surface area contributed by atoms with Gasteiger partial charge < -0.3 is 15.0 Å². The number of H-pyrrole nitrogens is 3. The number of hydrogen-bond donors (Lipinski definition) is 3. The summed E-state index contributed by atoms with van der Waals surface area (Å²) in [5.41, 5.74) is 17.1. The van der Waals surface area contributed by atoms with Crippen molar-refractivity contribution in [3.05, 3.63) is 122 Å². The Morgan fingerprint density at radius 3 is 1.43 bits per heavy atom. The smallest absolute Gasteiger partial charge is 0.0932 e. The first-order chi connectivity index (χ1) is 23.2. The summed E-state index contributed by atoms with van der Waals surface area (Å²) in [6.07, 6.45) is 12.7. The summed E-state index contributed by atoms with van der Waals surface area (Å²) in [4.78, 5) is 27.0. The summed E-state index contributed by atoms with van der Waals surface area (Å²) in [7, 11) is 0. The van der Waals surface area contributed by atoms with E-state index in [2.05, 4.69) is 151 Å². The predicted octanol–water partition coefficient (Wildman–Crippen LogP) is 10.7. The van der Waals surface area contributed by atoms with Crippen molar-refractivity contribution in [3.63, 3.8) is 0 Å². The molecular weight excluding hydrogens is 601 g/mol. The highest BCUT2D eigenvalue weighted by atomic mass is 14.9. The quantitative estimate of drug-likeness (QED) is 0.251. The first-order valence-electron chi connectivity index (χ1n) is 17.8. The molecule has 252 valence electrons. The molecule has 4 aliphatic heterocycles. The van der Waals surface area contributed by atoms with Crippen LogP contribution in [-0.2, 0) is 10.8 Å². The van der Waals surface area contributed by atoms with Gasteiger partial charge in [-0.25, -0.2) is 9.98 Å². The van der Waals surface area contributed by atoms with Gasteiger partial charge in [-0.05, 0) is 155 Å². The highest BCUT2D eigenvalue weighted by molar-refractivity contribution is 6.55. The van der Waals surface area contributed by atoms with Crippen molar-refractivity contribution >= 4 is 35.4 Å². The van der Waals surface area contributed by atoms with E-state index in [0.29, 0.717) is 11.8 Å². The highest BCUT2D eigenvalue weighted by Gasteiger charge is 2.33. The molecule has 3 N–H and O–H groups in total. The van der Waals surface area contributed by atoms with Crippen molar-refractivity contribution in [2.75, 3.05) is 0 Å². The molecule has 6 nitrogen and oxygen atoms in total. The zero-order chi connectivity index (χ0) is 34.8. The Morgan fingerprint density at radius 2 is 0.980 bits per heavy atom. The van der Waals surface area contributed by atoms with Gasteiger partial charge >= 0.3 is 0 Å². The van der Waals surface area contributed by atoms with Gasteiger partial charge in [-0.2, -0.15) is 0 Å². The average molecular weight is 651 g/mol. The number of rotatable bonds is 4. The maximum absolute atomic E-state index is 5.39. The van der Waals surface area contributed by atoms with Crippen LogP contribution in [0.25, 0.3) is 18.2 Å². The van der Waals surface area contributed by atoms with E-state index < -0.39 is 0 Å². The van der Waals surface area contributed by atoms with Crippen LogP contribution in [0.2, 0.25) is 0 Å². The molecule has 0 aromatic carbocycles. The Balaban J connectivity index is 1.42. The van der Waals surface area contributed by atoms with E-state index >= 15 is 0 Å². The standard InChI is InChI=1S/C43H50N6/c1-24(2)19-32-26(5)34-22-30-13-17-38(46-30)42(7,8)36-15-11-28(44-36)21-29-12-16-37(45-29)43(9,10)39-18-14-31(47-39)23-35-27(6)33(20-25(3)4)41(49-35)40(32)48-34/h11-18,21-25,44,46-47H,19-20H2,1-10H3/b29-21-,34-22-,35-23-. The van der Waals surface area contributed by atoms with E-state index in [9.17, 15) is 0 Å². The lowest BCUT2D eigenvalue weighted by Gasteiger charge is -2.22. The largest absolute Gasteiger partial charge is 0.358 e. The molecule has 7 heterocycles. The Bertz CT molecular complexity index is 2130. The number of allylic oxidation sites excluding steroid dienone is 6. The lowest BCUT2D eigenvalue weighted by atomic mass is 9.84. The molecule has 0 radical (unpaired) electrons. The fourth-order valence-electron chi connectivity index (χ4n) is 7.32. The topological polar surface area (TPSA) is 84.5 Å². The molecule has 49 heavy (non-hydrogen) atoms. The first-order valence-corrected chi connectivity index (χ1v) is 17.8. The predicted molar refractivity (Wildman–Crippen MR) is 207 cm³/mol. The third kappa shape index (κ3) is 5.96. The van der Waals surface area contributed by atoms with Crippen LogP contribution >= 0.6 is 0 Å². The van der Waals surface area contributed by atoms with E-state index in [1.807, 2.05) is 0 Å². The van der Waals surface area contributed by atoms with E-state index in [1.54, 1.807) is 0 Å². The molecule has 0 saturated heterocycles. The number of fused-ring (bicyclic) bond motifs is 10. The van der Waals surface area contributed by atoms with Crippen LogP contribution in [0, 0.1) is 11.8 Å². The zero-order valence-electron chi connectivity index (χ0n) is 30.8. The van der Waals surface area contributed by atoms with Gasteiger partial charge in [0.2, 0.25) is 0 Å². The maximum atomic E-state index is 5.39. The minimum atomic E-state index is -0.306. The summed E-state index contributed by atoms with van der Waals surface area (Å²) in [6.45, 7) is 22.6. The van der Waals surface area contributed by atoms with E-state index in [-0.39, 0.29) is 10.8 Å². The van der Waals surface area contributed by atoms with Crippen LogP contribution in [-0.4, -0.2) is 32.1 Å². The molecule has 4 aliphatic rings. The van der Waals surface area contributed by atoms with Gasteiger partial charge in [-0.1, -0.05) is 27.7 Å². The Morgan fingerprint density at radius 1 is 0.551 bits per heavy atom. The number of aliphatic imine (C=N–C) groups is 3. The third-order valence-corrected chi connectivity index (χ3v) is 10.5. The van der Waals surface area contributed by atoms with Gasteiger partial charge in [-0.3, -0.25) is 4.99 Å². The van der Waals surface area contributed by atoms with Crippen molar-refractivity contribution in [1.29, 1.82) is 0 Å². The van der Waals surface area contributed by atoms with Crippen molar-refractivity contribution in [2.24, 2.45) is 26.8 Å². The highest BCUT2D eigenvalue weighted by Crippen LogP contribution is 2.39. The molecule has 0 saturated carbocycles. The number of aromatic nitrogens is 3. The molecule has 3 aromatic rings. The average Bonchev–Trinajstić information content (AvgIpc) is 3.88. The van der Waals surface area contributed by atoms with Crippen molar-refractivity contribution in [3.8, 4) is 0 Å². The second kappa shape index (κ2) is 12.0. The molecular formula is C43H50N6. The number of aromatic amines is 3. The number of hydrogen-bond acceptors (Lipinski definition) is 3. The third-order valence-electron chi connectivity index (χ3n) is 10.5. The summed E-state index contributed by atoms with van der Waals surface area (Å²) in [6, 6.07) is 13.1. The summed E-state index contributed by atoms with van der Waals surface area (Å²) < 4.78 is 0. The lowest BCUT2D eigenvalue weighted by Crippen LogP contribution is -2.27. The van der Waals surface area contributed by atoms with Crippen LogP contribution in [0.4, 0.5) is 0 Å². The van der Waals surface area contributed by atoms with E-state index in [1.165, 1.54) is 22.3 Å². The van der Waals surface area contributed by atoms with Crippen LogP contribution in [0.5, 0.6) is 0 Å². The van der Waals surface area contributed by atoms with Crippen molar-refractivity contribution < 1.29 is 0 Å². The Labute approximate surface area is 291 Å². The lowest BCUT2D eigenvalue weighted by molar-refractivity contribution is 0.602. The van der Waals surface area contributed by atoms with Gasteiger partial charge in [0, 0.05) is 45.0 Å². The fraction of sp³-hybridized carbons (Fsp3) is 0.372. The van der Waals surface area contributed by atoms with Gasteiger partial charge in [0.05, 0.1) is 34.2 Å².